The zero-order valence-corrected chi connectivity index (χ0v) is 15.7. The summed E-state index contributed by atoms with van der Waals surface area (Å²) in [6.07, 6.45) is 6.21. The van der Waals surface area contributed by atoms with E-state index in [-0.39, 0.29) is 12.4 Å². The van der Waals surface area contributed by atoms with E-state index in [2.05, 4.69) is 35.9 Å². The molecule has 2 aromatic rings. The molecule has 0 amide bonds. The summed E-state index contributed by atoms with van der Waals surface area (Å²) >= 11 is 3.25. The summed E-state index contributed by atoms with van der Waals surface area (Å²) in [4.78, 5) is 19.5. The molecule has 0 bridgehead atoms. The quantitative estimate of drug-likeness (QED) is 0.686. The highest BCUT2D eigenvalue weighted by atomic mass is 79.9. The van der Waals surface area contributed by atoms with Crippen LogP contribution in [0.25, 0.3) is 0 Å². The Bertz CT molecular complexity index is 544. The standard InChI is InChI=1S/C6H10BN3O2.C6H8BrN3.ClH/c1-10(2)6-8-3-5(4-9-6)7(11)12;1-10(2)6-8-3-5(7)4-9-6;/h3-4,11-12H,1-2H3;3-4H,1-2H3;1H. The van der Waals surface area contributed by atoms with Gasteiger partial charge in [0.05, 0.1) is 4.47 Å². The second-order valence-corrected chi connectivity index (χ2v) is 5.60. The van der Waals surface area contributed by atoms with Crippen LogP contribution in [0.1, 0.15) is 0 Å². The molecule has 0 radical (unpaired) electrons. The van der Waals surface area contributed by atoms with Crippen LogP contribution in [-0.2, 0) is 0 Å². The molecule has 0 aliphatic heterocycles. The minimum atomic E-state index is -1.50. The van der Waals surface area contributed by atoms with Crippen LogP contribution in [0, 0.1) is 0 Å². The highest BCUT2D eigenvalue weighted by Gasteiger charge is 2.11. The maximum absolute atomic E-state index is 8.72. The summed E-state index contributed by atoms with van der Waals surface area (Å²) in [7, 11) is 5.93. The van der Waals surface area contributed by atoms with Crippen molar-refractivity contribution in [3.05, 3.63) is 29.3 Å². The van der Waals surface area contributed by atoms with Gasteiger partial charge in [-0.15, -0.1) is 12.4 Å². The second kappa shape index (κ2) is 10.3. The molecule has 0 spiro atoms. The number of aromatic nitrogens is 4. The van der Waals surface area contributed by atoms with Crippen molar-refractivity contribution in [3.8, 4) is 0 Å². The molecule has 11 heteroatoms. The molecular formula is C12H19BBrClN6O2. The largest absolute Gasteiger partial charge is 0.491 e. The Morgan fingerprint density at radius 1 is 0.826 bits per heavy atom. The normalized spacial score (nSPS) is 9.17. The van der Waals surface area contributed by atoms with E-state index in [1.54, 1.807) is 17.3 Å². The Kier molecular flexibility index (Phi) is 9.65. The molecule has 126 valence electrons. The molecule has 0 aromatic carbocycles. The third-order valence-electron chi connectivity index (χ3n) is 2.36. The Morgan fingerprint density at radius 2 is 1.17 bits per heavy atom. The lowest BCUT2D eigenvalue weighted by molar-refractivity contribution is 0.425. The lowest BCUT2D eigenvalue weighted by Gasteiger charge is -2.09. The number of hydrogen-bond donors (Lipinski definition) is 2. The summed E-state index contributed by atoms with van der Waals surface area (Å²) in [6, 6.07) is 0. The molecule has 0 aliphatic carbocycles. The molecule has 0 atom stereocenters. The van der Waals surface area contributed by atoms with Gasteiger partial charge in [-0.1, -0.05) is 0 Å². The molecule has 0 saturated carbocycles. The maximum Gasteiger partial charge on any atom is 0.491 e. The van der Waals surface area contributed by atoms with Crippen LogP contribution >= 0.6 is 28.3 Å². The van der Waals surface area contributed by atoms with E-state index in [9.17, 15) is 0 Å². The fourth-order valence-corrected chi connectivity index (χ4v) is 1.44. The van der Waals surface area contributed by atoms with E-state index in [1.807, 2.05) is 33.1 Å². The van der Waals surface area contributed by atoms with Crippen LogP contribution in [-0.4, -0.2) is 65.3 Å². The van der Waals surface area contributed by atoms with Crippen molar-refractivity contribution in [1.82, 2.24) is 19.9 Å². The zero-order chi connectivity index (χ0) is 16.7. The van der Waals surface area contributed by atoms with Gasteiger partial charge in [0.15, 0.2) is 0 Å². The van der Waals surface area contributed by atoms with E-state index in [1.165, 1.54) is 12.4 Å². The topological polar surface area (TPSA) is 98.5 Å². The summed E-state index contributed by atoms with van der Waals surface area (Å²) in [5, 5.41) is 17.4. The molecule has 0 aliphatic rings. The van der Waals surface area contributed by atoms with Gasteiger partial charge in [-0.2, -0.15) is 0 Å². The molecule has 2 N–H and O–H groups in total. The van der Waals surface area contributed by atoms with E-state index in [4.69, 9.17) is 10.0 Å². The molecule has 8 nitrogen and oxygen atoms in total. The van der Waals surface area contributed by atoms with Gasteiger partial charge in [0.25, 0.3) is 0 Å². The third kappa shape index (κ3) is 7.55. The number of anilines is 2. The molecule has 23 heavy (non-hydrogen) atoms. The van der Waals surface area contributed by atoms with Crippen LogP contribution in [0.2, 0.25) is 0 Å². The number of rotatable bonds is 3. The Morgan fingerprint density at radius 3 is 1.48 bits per heavy atom. The maximum atomic E-state index is 8.72. The van der Waals surface area contributed by atoms with Crippen molar-refractivity contribution in [2.45, 2.75) is 0 Å². The van der Waals surface area contributed by atoms with E-state index in [0.29, 0.717) is 11.4 Å². The summed E-state index contributed by atoms with van der Waals surface area (Å²) in [5.41, 5.74) is 0.292. The lowest BCUT2D eigenvalue weighted by Crippen LogP contribution is -2.31. The zero-order valence-electron chi connectivity index (χ0n) is 13.3. The van der Waals surface area contributed by atoms with Crippen molar-refractivity contribution in [2.75, 3.05) is 38.0 Å². The number of halogens is 2. The number of hydrogen-bond acceptors (Lipinski definition) is 8. The first-order chi connectivity index (χ1) is 10.3. The molecule has 0 unspecified atom stereocenters. The molecule has 2 heterocycles. The third-order valence-corrected chi connectivity index (χ3v) is 2.77. The van der Waals surface area contributed by atoms with Crippen molar-refractivity contribution < 1.29 is 10.0 Å². The highest BCUT2D eigenvalue weighted by molar-refractivity contribution is 9.10. The Labute approximate surface area is 150 Å². The van der Waals surface area contributed by atoms with Gasteiger partial charge < -0.3 is 19.8 Å². The van der Waals surface area contributed by atoms with Gasteiger partial charge in [-0.05, 0) is 15.9 Å². The van der Waals surface area contributed by atoms with Crippen molar-refractivity contribution in [3.63, 3.8) is 0 Å². The van der Waals surface area contributed by atoms with Crippen LogP contribution in [0.5, 0.6) is 0 Å². The van der Waals surface area contributed by atoms with Crippen molar-refractivity contribution in [2.24, 2.45) is 0 Å². The summed E-state index contributed by atoms with van der Waals surface area (Å²) < 4.78 is 0.901. The first-order valence-electron chi connectivity index (χ1n) is 6.31. The predicted molar refractivity (Wildman–Crippen MR) is 97.5 cm³/mol. The molecule has 2 aromatic heterocycles. The van der Waals surface area contributed by atoms with Crippen LogP contribution in [0.3, 0.4) is 0 Å². The molecule has 2 rings (SSSR count). The lowest BCUT2D eigenvalue weighted by atomic mass is 9.83. The first kappa shape index (κ1) is 21.5. The Balaban J connectivity index is 0.000000409. The smallest absolute Gasteiger partial charge is 0.423 e. The van der Waals surface area contributed by atoms with Gasteiger partial charge in [-0.3, -0.25) is 0 Å². The fourth-order valence-electron chi connectivity index (χ4n) is 1.23. The van der Waals surface area contributed by atoms with Crippen LogP contribution in [0.15, 0.2) is 29.3 Å². The Hall–Kier alpha value is -1.49. The minimum absolute atomic E-state index is 0. The minimum Gasteiger partial charge on any atom is -0.423 e. The van der Waals surface area contributed by atoms with Crippen LogP contribution < -0.4 is 15.3 Å². The highest BCUT2D eigenvalue weighted by Crippen LogP contribution is 2.07. The van der Waals surface area contributed by atoms with E-state index in [0.717, 1.165) is 10.4 Å². The van der Waals surface area contributed by atoms with Gasteiger partial charge >= 0.3 is 7.12 Å². The molecule has 0 saturated heterocycles. The predicted octanol–water partition coefficient (Wildman–Crippen LogP) is -0.0507. The average Bonchev–Trinajstić information content (AvgIpc) is 2.48. The van der Waals surface area contributed by atoms with Crippen molar-refractivity contribution >= 4 is 52.8 Å². The van der Waals surface area contributed by atoms with E-state index >= 15 is 0 Å². The monoisotopic (exact) mass is 404 g/mol. The summed E-state index contributed by atoms with van der Waals surface area (Å²) in [5.74, 6) is 1.27. The van der Waals surface area contributed by atoms with Gasteiger partial charge in [0, 0.05) is 58.4 Å². The number of nitrogens with zero attached hydrogens (tertiary/aromatic N) is 6. The fraction of sp³-hybridized carbons (Fsp3) is 0.333. The molecular weight excluding hydrogens is 386 g/mol. The molecule has 0 fully saturated rings. The average molecular weight is 405 g/mol. The van der Waals surface area contributed by atoms with Crippen LogP contribution in [0.4, 0.5) is 11.9 Å². The SMILES string of the molecule is CN(C)c1ncc(B(O)O)cn1.CN(C)c1ncc(Br)cn1.Cl. The second-order valence-electron chi connectivity index (χ2n) is 4.68. The van der Waals surface area contributed by atoms with Gasteiger partial charge in [0.2, 0.25) is 11.9 Å². The van der Waals surface area contributed by atoms with Gasteiger partial charge in [0.1, 0.15) is 0 Å². The first-order valence-corrected chi connectivity index (χ1v) is 7.11. The van der Waals surface area contributed by atoms with E-state index < -0.39 is 7.12 Å². The van der Waals surface area contributed by atoms with Crippen molar-refractivity contribution in [1.29, 1.82) is 0 Å². The summed E-state index contributed by atoms with van der Waals surface area (Å²) in [6.45, 7) is 0. The van der Waals surface area contributed by atoms with Gasteiger partial charge in [-0.25, -0.2) is 19.9 Å².